The van der Waals surface area contributed by atoms with E-state index < -0.39 is 0 Å². The average molecular weight is 315 g/mol. The molecule has 1 aromatic rings. The lowest BCUT2D eigenvalue weighted by molar-refractivity contribution is -0.123. The van der Waals surface area contributed by atoms with Crippen LogP contribution in [-0.4, -0.2) is 38.0 Å². The summed E-state index contributed by atoms with van der Waals surface area (Å²) >= 11 is 0. The average Bonchev–Trinajstić information content (AvgIpc) is 3.25. The topological polar surface area (TPSA) is 70.2 Å². The summed E-state index contributed by atoms with van der Waals surface area (Å²) in [7, 11) is 0. The zero-order valence-electron chi connectivity index (χ0n) is 13.7. The Balaban J connectivity index is 1.37. The molecule has 3 rings (SSSR count). The summed E-state index contributed by atoms with van der Waals surface area (Å²) < 4.78 is 0. The summed E-state index contributed by atoms with van der Waals surface area (Å²) in [6.07, 6.45) is 3.24. The molecular formula is C18H25N3O2. The van der Waals surface area contributed by atoms with E-state index in [1.165, 1.54) is 0 Å². The van der Waals surface area contributed by atoms with Crippen molar-refractivity contribution in [1.29, 1.82) is 0 Å². The van der Waals surface area contributed by atoms with Crippen LogP contribution in [0.3, 0.4) is 0 Å². The lowest BCUT2D eigenvalue weighted by Crippen LogP contribution is -2.37. The SMILES string of the molecule is Cc1cccc(C(=O)NCCNC(=O)C2CC23CCNCC3)c1. The zero-order chi connectivity index (χ0) is 16.3. The number of nitrogens with one attached hydrogen (secondary N) is 3. The third-order valence-electron chi connectivity index (χ3n) is 5.10. The molecule has 3 N–H and O–H groups in total. The molecule has 0 bridgehead atoms. The van der Waals surface area contributed by atoms with Gasteiger partial charge in [0.1, 0.15) is 0 Å². The summed E-state index contributed by atoms with van der Waals surface area (Å²) in [4.78, 5) is 24.2. The number of carbonyl (C=O) groups excluding carboxylic acids is 2. The number of aryl methyl sites for hydroxylation is 1. The zero-order valence-corrected chi connectivity index (χ0v) is 13.7. The van der Waals surface area contributed by atoms with Crippen molar-refractivity contribution in [2.45, 2.75) is 26.2 Å². The van der Waals surface area contributed by atoms with Gasteiger partial charge >= 0.3 is 0 Å². The normalized spacial score (nSPS) is 21.7. The van der Waals surface area contributed by atoms with Gasteiger partial charge in [-0.3, -0.25) is 9.59 Å². The maximum atomic E-state index is 12.2. The number of carbonyl (C=O) groups is 2. The molecule has 1 saturated heterocycles. The van der Waals surface area contributed by atoms with Crippen LogP contribution in [0, 0.1) is 18.3 Å². The molecule has 23 heavy (non-hydrogen) atoms. The number of amides is 2. The van der Waals surface area contributed by atoms with E-state index in [1.54, 1.807) is 6.07 Å². The van der Waals surface area contributed by atoms with Crippen molar-refractivity contribution in [3.63, 3.8) is 0 Å². The molecule has 2 aliphatic rings. The van der Waals surface area contributed by atoms with Gasteiger partial charge in [-0.15, -0.1) is 0 Å². The molecule has 5 heteroatoms. The number of hydrogen-bond donors (Lipinski definition) is 3. The fourth-order valence-corrected chi connectivity index (χ4v) is 3.57. The van der Waals surface area contributed by atoms with Crippen molar-refractivity contribution in [1.82, 2.24) is 16.0 Å². The van der Waals surface area contributed by atoms with Gasteiger partial charge in [-0.25, -0.2) is 0 Å². The third kappa shape index (κ3) is 3.72. The molecule has 1 saturated carbocycles. The van der Waals surface area contributed by atoms with Crippen LogP contribution in [-0.2, 0) is 4.79 Å². The van der Waals surface area contributed by atoms with Gasteiger partial charge in [0.05, 0.1) is 0 Å². The molecule has 1 unspecified atom stereocenters. The summed E-state index contributed by atoms with van der Waals surface area (Å²) in [6.45, 7) is 4.96. The van der Waals surface area contributed by atoms with E-state index in [0.717, 1.165) is 37.9 Å². The van der Waals surface area contributed by atoms with E-state index in [4.69, 9.17) is 0 Å². The second kappa shape index (κ2) is 6.71. The fourth-order valence-electron chi connectivity index (χ4n) is 3.57. The maximum Gasteiger partial charge on any atom is 0.251 e. The molecule has 1 heterocycles. The van der Waals surface area contributed by atoms with Crippen LogP contribution < -0.4 is 16.0 Å². The largest absolute Gasteiger partial charge is 0.354 e. The Morgan fingerprint density at radius 1 is 1.22 bits per heavy atom. The number of benzene rings is 1. The van der Waals surface area contributed by atoms with E-state index in [1.807, 2.05) is 25.1 Å². The van der Waals surface area contributed by atoms with Gasteiger partial charge in [0.2, 0.25) is 5.91 Å². The molecule has 124 valence electrons. The number of hydrogen-bond acceptors (Lipinski definition) is 3. The van der Waals surface area contributed by atoms with Crippen LogP contribution in [0.4, 0.5) is 0 Å². The quantitative estimate of drug-likeness (QED) is 0.716. The minimum Gasteiger partial charge on any atom is -0.354 e. The second-order valence-corrected chi connectivity index (χ2v) is 6.79. The molecule has 1 aliphatic carbocycles. The molecule has 0 aromatic heterocycles. The first-order chi connectivity index (χ1) is 11.1. The van der Waals surface area contributed by atoms with Crippen LogP contribution in [0.25, 0.3) is 0 Å². The first-order valence-electron chi connectivity index (χ1n) is 8.44. The Morgan fingerprint density at radius 3 is 2.70 bits per heavy atom. The number of piperidine rings is 1. The second-order valence-electron chi connectivity index (χ2n) is 6.79. The monoisotopic (exact) mass is 315 g/mol. The van der Waals surface area contributed by atoms with Crippen molar-refractivity contribution in [2.75, 3.05) is 26.2 Å². The van der Waals surface area contributed by atoms with Crippen molar-refractivity contribution in [3.05, 3.63) is 35.4 Å². The van der Waals surface area contributed by atoms with Crippen molar-refractivity contribution in [3.8, 4) is 0 Å². The van der Waals surface area contributed by atoms with Crippen LogP contribution >= 0.6 is 0 Å². The standard InChI is InChI=1S/C18H25N3O2/c1-13-3-2-4-14(11-13)16(22)20-9-10-21-17(23)15-12-18(15)5-7-19-8-6-18/h2-4,11,15,19H,5-10,12H2,1H3,(H,20,22)(H,21,23). The smallest absolute Gasteiger partial charge is 0.251 e. The van der Waals surface area contributed by atoms with Gasteiger partial charge in [0, 0.05) is 24.6 Å². The Morgan fingerprint density at radius 2 is 1.96 bits per heavy atom. The molecule has 1 atom stereocenters. The first kappa shape index (κ1) is 16.0. The van der Waals surface area contributed by atoms with Gasteiger partial charge in [0.25, 0.3) is 5.91 Å². The molecule has 2 fully saturated rings. The Labute approximate surface area is 137 Å². The Bertz CT molecular complexity index is 594. The predicted molar refractivity (Wildman–Crippen MR) is 89.2 cm³/mol. The van der Waals surface area contributed by atoms with E-state index in [-0.39, 0.29) is 23.1 Å². The summed E-state index contributed by atoms with van der Waals surface area (Å²) in [6, 6.07) is 7.49. The highest BCUT2D eigenvalue weighted by molar-refractivity contribution is 5.94. The molecule has 0 radical (unpaired) electrons. The van der Waals surface area contributed by atoms with Crippen LogP contribution in [0.1, 0.15) is 35.2 Å². The van der Waals surface area contributed by atoms with E-state index in [9.17, 15) is 9.59 Å². The highest BCUT2D eigenvalue weighted by Crippen LogP contribution is 2.58. The van der Waals surface area contributed by atoms with Gasteiger partial charge in [-0.05, 0) is 56.8 Å². The van der Waals surface area contributed by atoms with Gasteiger partial charge in [-0.2, -0.15) is 0 Å². The molecule has 2 amide bonds. The highest BCUT2D eigenvalue weighted by atomic mass is 16.2. The highest BCUT2D eigenvalue weighted by Gasteiger charge is 2.57. The summed E-state index contributed by atoms with van der Waals surface area (Å²) in [5, 5.41) is 9.15. The van der Waals surface area contributed by atoms with E-state index in [0.29, 0.717) is 18.7 Å². The molecule has 1 aliphatic heterocycles. The summed E-state index contributed by atoms with van der Waals surface area (Å²) in [5.41, 5.74) is 1.99. The van der Waals surface area contributed by atoms with Crippen molar-refractivity contribution in [2.24, 2.45) is 11.3 Å². The molecular weight excluding hydrogens is 290 g/mol. The van der Waals surface area contributed by atoms with Crippen LogP contribution in [0.2, 0.25) is 0 Å². The molecule has 5 nitrogen and oxygen atoms in total. The van der Waals surface area contributed by atoms with Crippen LogP contribution in [0.5, 0.6) is 0 Å². The minimum absolute atomic E-state index is 0.0933. The predicted octanol–water partition coefficient (Wildman–Crippen LogP) is 1.23. The Kier molecular flexibility index (Phi) is 4.66. The van der Waals surface area contributed by atoms with Gasteiger partial charge < -0.3 is 16.0 Å². The maximum absolute atomic E-state index is 12.2. The van der Waals surface area contributed by atoms with Crippen LogP contribution in [0.15, 0.2) is 24.3 Å². The Hall–Kier alpha value is -1.88. The van der Waals surface area contributed by atoms with E-state index in [2.05, 4.69) is 16.0 Å². The summed E-state index contributed by atoms with van der Waals surface area (Å²) in [5.74, 6) is 0.234. The van der Waals surface area contributed by atoms with Crippen molar-refractivity contribution >= 4 is 11.8 Å². The van der Waals surface area contributed by atoms with Gasteiger partial charge in [-0.1, -0.05) is 17.7 Å². The van der Waals surface area contributed by atoms with Gasteiger partial charge in [0.15, 0.2) is 0 Å². The molecule has 1 spiro atoms. The lowest BCUT2D eigenvalue weighted by atomic mass is 9.92. The third-order valence-corrected chi connectivity index (χ3v) is 5.10. The van der Waals surface area contributed by atoms with Crippen molar-refractivity contribution < 1.29 is 9.59 Å². The number of rotatable bonds is 5. The minimum atomic E-state index is -0.0933. The first-order valence-corrected chi connectivity index (χ1v) is 8.44. The fraction of sp³-hybridized carbons (Fsp3) is 0.556. The molecule has 1 aromatic carbocycles. The van der Waals surface area contributed by atoms with E-state index >= 15 is 0 Å². The lowest BCUT2D eigenvalue weighted by Gasteiger charge is -2.23.